The van der Waals surface area contributed by atoms with E-state index in [1.807, 2.05) is 11.0 Å². The fourth-order valence-corrected chi connectivity index (χ4v) is 4.37. The number of Topliss-reactive ketones (excluding diaryl/α,β-unsaturated/α-hetero) is 2. The van der Waals surface area contributed by atoms with Crippen molar-refractivity contribution in [2.24, 2.45) is 10.8 Å². The van der Waals surface area contributed by atoms with Crippen LogP contribution in [0.1, 0.15) is 40.0 Å². The number of hydrogen-bond acceptors (Lipinski definition) is 10. The van der Waals surface area contributed by atoms with Crippen molar-refractivity contribution >= 4 is 46.7 Å². The number of aliphatic imine (C=N–C) groups is 1. The summed E-state index contributed by atoms with van der Waals surface area (Å²) in [5, 5.41) is 9.72. The lowest BCUT2D eigenvalue weighted by molar-refractivity contribution is -0.126. The SMILES string of the molecule is C=N/C=C\N(N)c1ncc(F)c2c(C(=O)C(=O)N3CCN(c4ncccc4C(=O)CCCC#N)CC3)c[nH]c12. The molecule has 4 rings (SSSR count). The number of ketones is 2. The maximum atomic E-state index is 14.8. The second-order valence-corrected chi connectivity index (χ2v) is 8.69. The van der Waals surface area contributed by atoms with Crippen LogP contribution in [0.2, 0.25) is 0 Å². The lowest BCUT2D eigenvalue weighted by Gasteiger charge is -2.35. The van der Waals surface area contributed by atoms with Crippen LogP contribution in [0.5, 0.6) is 0 Å². The van der Waals surface area contributed by atoms with E-state index >= 15 is 0 Å². The van der Waals surface area contributed by atoms with Crippen molar-refractivity contribution in [3.8, 4) is 6.07 Å². The van der Waals surface area contributed by atoms with Crippen molar-refractivity contribution in [3.05, 3.63) is 60.1 Å². The van der Waals surface area contributed by atoms with Crippen LogP contribution in [0.15, 0.2) is 48.1 Å². The largest absolute Gasteiger partial charge is 0.357 e. The Kier molecular flexibility index (Phi) is 8.37. The number of carbonyl (C=O) groups is 3. The Hall–Kier alpha value is -4.96. The van der Waals surface area contributed by atoms with Crippen LogP contribution in [0.4, 0.5) is 16.0 Å². The number of nitrogens with zero attached hydrogens (tertiary/aromatic N) is 7. The Morgan fingerprint density at radius 3 is 2.74 bits per heavy atom. The fourth-order valence-electron chi connectivity index (χ4n) is 4.37. The molecule has 12 nitrogen and oxygen atoms in total. The summed E-state index contributed by atoms with van der Waals surface area (Å²) in [6, 6.07) is 5.40. The van der Waals surface area contributed by atoms with E-state index < -0.39 is 17.5 Å². The molecule has 0 spiro atoms. The van der Waals surface area contributed by atoms with Gasteiger partial charge in [0.15, 0.2) is 17.4 Å². The van der Waals surface area contributed by atoms with E-state index in [-0.39, 0.29) is 47.6 Å². The van der Waals surface area contributed by atoms with Crippen LogP contribution in [0.3, 0.4) is 0 Å². The Labute approximate surface area is 223 Å². The number of pyridine rings is 2. The summed E-state index contributed by atoms with van der Waals surface area (Å²) in [4.78, 5) is 56.9. The summed E-state index contributed by atoms with van der Waals surface area (Å²) < 4.78 is 14.8. The summed E-state index contributed by atoms with van der Waals surface area (Å²) in [7, 11) is 0. The number of carbonyl (C=O) groups excluding carboxylic acids is 3. The molecule has 39 heavy (non-hydrogen) atoms. The van der Waals surface area contributed by atoms with E-state index in [2.05, 4.69) is 26.7 Å². The van der Waals surface area contributed by atoms with Crippen molar-refractivity contribution in [1.82, 2.24) is 19.9 Å². The quantitative estimate of drug-likeness (QED) is 0.0997. The van der Waals surface area contributed by atoms with Crippen molar-refractivity contribution in [3.63, 3.8) is 0 Å². The minimum Gasteiger partial charge on any atom is -0.357 e. The Morgan fingerprint density at radius 1 is 1.26 bits per heavy atom. The number of hydrazine groups is 1. The van der Waals surface area contributed by atoms with Crippen LogP contribution in [-0.2, 0) is 4.79 Å². The first-order chi connectivity index (χ1) is 18.9. The standard InChI is InChI=1S/C26H26FN9O3/c1-30-9-10-36(29)25-22-21(19(27)16-33-25)18(15-32-22)23(38)26(39)35-13-11-34(12-14-35)24-17(5-4-8-31-24)20(37)6-2-3-7-28/h4-5,8-10,15-16,32H,1-3,6,11-14,29H2/b10-9-. The molecule has 0 saturated carbocycles. The summed E-state index contributed by atoms with van der Waals surface area (Å²) in [6.45, 7) is 4.41. The fraction of sp³-hybridized carbons (Fsp3) is 0.269. The number of amides is 1. The van der Waals surface area contributed by atoms with Gasteiger partial charge >= 0.3 is 0 Å². The van der Waals surface area contributed by atoms with Gasteiger partial charge in [0.05, 0.1) is 34.3 Å². The normalized spacial score (nSPS) is 13.5. The molecule has 0 unspecified atom stereocenters. The van der Waals surface area contributed by atoms with Gasteiger partial charge < -0.3 is 14.8 Å². The molecule has 0 atom stereocenters. The van der Waals surface area contributed by atoms with Crippen LogP contribution in [0, 0.1) is 17.1 Å². The predicted octanol–water partition coefficient (Wildman–Crippen LogP) is 2.36. The zero-order chi connectivity index (χ0) is 27.9. The highest BCUT2D eigenvalue weighted by Crippen LogP contribution is 2.29. The molecule has 1 saturated heterocycles. The first-order valence-corrected chi connectivity index (χ1v) is 12.1. The van der Waals surface area contributed by atoms with Gasteiger partial charge in [0.25, 0.3) is 11.7 Å². The average molecular weight is 532 g/mol. The van der Waals surface area contributed by atoms with Crippen LogP contribution < -0.4 is 15.8 Å². The molecule has 0 bridgehead atoms. The highest BCUT2D eigenvalue weighted by molar-refractivity contribution is 6.45. The molecule has 13 heteroatoms. The number of anilines is 2. The van der Waals surface area contributed by atoms with Gasteiger partial charge in [0, 0.05) is 63.8 Å². The number of nitrogens with two attached hydrogens (primary N) is 1. The third-order valence-corrected chi connectivity index (χ3v) is 6.30. The molecular weight excluding hydrogens is 505 g/mol. The third-order valence-electron chi connectivity index (χ3n) is 6.30. The zero-order valence-corrected chi connectivity index (χ0v) is 21.0. The maximum absolute atomic E-state index is 14.8. The molecule has 1 aliphatic heterocycles. The number of fused-ring (bicyclic) bond motifs is 1. The first kappa shape index (κ1) is 27.1. The molecule has 200 valence electrons. The van der Waals surface area contributed by atoms with Gasteiger partial charge in [0.2, 0.25) is 0 Å². The van der Waals surface area contributed by atoms with Gasteiger partial charge in [0.1, 0.15) is 5.82 Å². The van der Waals surface area contributed by atoms with Crippen LogP contribution >= 0.6 is 0 Å². The first-order valence-electron chi connectivity index (χ1n) is 12.1. The van der Waals surface area contributed by atoms with E-state index in [1.165, 1.54) is 23.5 Å². The van der Waals surface area contributed by atoms with Crippen molar-refractivity contribution < 1.29 is 18.8 Å². The lowest BCUT2D eigenvalue weighted by Crippen LogP contribution is -2.51. The second-order valence-electron chi connectivity index (χ2n) is 8.69. The summed E-state index contributed by atoms with van der Waals surface area (Å²) >= 11 is 0. The highest BCUT2D eigenvalue weighted by atomic mass is 19.1. The minimum absolute atomic E-state index is 0.0968. The summed E-state index contributed by atoms with van der Waals surface area (Å²) in [5.41, 5.74) is 0.472. The van der Waals surface area contributed by atoms with Crippen molar-refractivity contribution in [1.29, 1.82) is 5.26 Å². The highest BCUT2D eigenvalue weighted by Gasteiger charge is 2.31. The van der Waals surface area contributed by atoms with Gasteiger partial charge in [-0.3, -0.25) is 24.4 Å². The van der Waals surface area contributed by atoms with Crippen LogP contribution in [-0.4, -0.2) is 70.2 Å². The minimum atomic E-state index is -0.871. The van der Waals surface area contributed by atoms with Crippen LogP contribution in [0.25, 0.3) is 10.9 Å². The van der Waals surface area contributed by atoms with Gasteiger partial charge in [-0.05, 0) is 25.3 Å². The number of H-pyrrole nitrogens is 1. The zero-order valence-electron chi connectivity index (χ0n) is 21.0. The maximum Gasteiger partial charge on any atom is 0.295 e. The summed E-state index contributed by atoms with van der Waals surface area (Å²) in [5.74, 6) is 4.02. The number of rotatable bonds is 10. The van der Waals surface area contributed by atoms with Gasteiger partial charge in [-0.1, -0.05) is 0 Å². The van der Waals surface area contributed by atoms with E-state index in [9.17, 15) is 18.8 Å². The Morgan fingerprint density at radius 2 is 2.03 bits per heavy atom. The molecular formula is C26H26FN9O3. The smallest absolute Gasteiger partial charge is 0.295 e. The molecule has 1 fully saturated rings. The number of nitrogens with one attached hydrogen (secondary N) is 1. The van der Waals surface area contributed by atoms with E-state index in [0.717, 1.165) is 11.2 Å². The number of aromatic nitrogens is 3. The van der Waals surface area contributed by atoms with Gasteiger partial charge in [-0.2, -0.15) is 5.26 Å². The lowest BCUT2D eigenvalue weighted by atomic mass is 10.1. The van der Waals surface area contributed by atoms with Gasteiger partial charge in [-0.25, -0.2) is 20.2 Å². The number of halogens is 1. The molecule has 1 aliphatic rings. The number of hydrogen-bond donors (Lipinski definition) is 2. The molecule has 3 aromatic rings. The molecule has 1 amide bonds. The molecule has 3 aromatic heterocycles. The van der Waals surface area contributed by atoms with Gasteiger partial charge in [-0.15, -0.1) is 0 Å². The summed E-state index contributed by atoms with van der Waals surface area (Å²) in [6.07, 6.45) is 7.43. The number of nitriles is 1. The molecule has 0 radical (unpaired) electrons. The second kappa shape index (κ2) is 12.1. The van der Waals surface area contributed by atoms with E-state index in [0.29, 0.717) is 37.3 Å². The van der Waals surface area contributed by atoms with E-state index in [4.69, 9.17) is 11.1 Å². The van der Waals surface area contributed by atoms with Crippen molar-refractivity contribution in [2.45, 2.75) is 19.3 Å². The number of piperazine rings is 1. The molecule has 0 aliphatic carbocycles. The molecule has 0 aromatic carbocycles. The molecule has 4 heterocycles. The Bertz CT molecular complexity index is 1490. The topological polar surface area (TPSA) is 165 Å². The molecule has 3 N–H and O–H groups in total. The average Bonchev–Trinajstić information content (AvgIpc) is 3.41. The van der Waals surface area contributed by atoms with E-state index in [1.54, 1.807) is 18.3 Å². The van der Waals surface area contributed by atoms with Crippen molar-refractivity contribution in [2.75, 3.05) is 36.1 Å². The monoisotopic (exact) mass is 531 g/mol. The third kappa shape index (κ3) is 5.65. The predicted molar refractivity (Wildman–Crippen MR) is 143 cm³/mol. The number of aromatic amines is 1. The number of unbranched alkanes of at least 4 members (excludes halogenated alkanes) is 1. The Balaban J connectivity index is 1.48.